The molecule has 7 nitrogen and oxygen atoms in total. The second kappa shape index (κ2) is 6.80. The fourth-order valence-corrected chi connectivity index (χ4v) is 2.52. The summed E-state index contributed by atoms with van der Waals surface area (Å²) in [5.41, 5.74) is 4.23. The zero-order chi connectivity index (χ0) is 18.0. The summed E-state index contributed by atoms with van der Waals surface area (Å²) in [5.74, 6) is 0.609. The minimum Gasteiger partial charge on any atom is -0.471 e. The number of nitrogens with zero attached hydrogens (tertiary/aromatic N) is 4. The van der Waals surface area contributed by atoms with Crippen LogP contribution in [-0.4, -0.2) is 25.5 Å². The first-order valence-electron chi connectivity index (χ1n) is 7.96. The molecule has 0 aliphatic carbocycles. The Morgan fingerprint density at radius 3 is 2.68 bits per heavy atom. The van der Waals surface area contributed by atoms with Gasteiger partial charge in [-0.3, -0.25) is 9.48 Å². The summed E-state index contributed by atoms with van der Waals surface area (Å²) >= 11 is 0. The van der Waals surface area contributed by atoms with Crippen molar-refractivity contribution in [2.45, 2.75) is 27.5 Å². The van der Waals surface area contributed by atoms with Crippen LogP contribution >= 0.6 is 0 Å². The van der Waals surface area contributed by atoms with Crippen LogP contribution in [-0.2, 0) is 13.8 Å². The van der Waals surface area contributed by atoms with Crippen LogP contribution in [0.3, 0.4) is 0 Å². The van der Waals surface area contributed by atoms with Crippen molar-refractivity contribution < 1.29 is 9.53 Å². The van der Waals surface area contributed by atoms with Crippen molar-refractivity contribution in [1.82, 2.24) is 19.6 Å². The number of anilines is 1. The lowest BCUT2D eigenvalue weighted by molar-refractivity contribution is 0.102. The molecule has 0 saturated carbocycles. The molecule has 0 bridgehead atoms. The topological polar surface area (TPSA) is 74.0 Å². The SMILES string of the molecule is Cc1ccc(OCn2cc(NC(=O)c3cnn(C)c3C)cn2)c(C)c1. The zero-order valence-corrected chi connectivity index (χ0v) is 14.8. The van der Waals surface area contributed by atoms with Crippen LogP contribution < -0.4 is 10.1 Å². The second-order valence-electron chi connectivity index (χ2n) is 6.03. The summed E-state index contributed by atoms with van der Waals surface area (Å²) in [5, 5.41) is 11.1. The molecule has 0 unspecified atom stereocenters. The van der Waals surface area contributed by atoms with E-state index < -0.39 is 0 Å². The van der Waals surface area contributed by atoms with Gasteiger partial charge in [0, 0.05) is 12.7 Å². The van der Waals surface area contributed by atoms with Gasteiger partial charge < -0.3 is 10.1 Å². The number of hydrogen-bond acceptors (Lipinski definition) is 4. The number of aryl methyl sites for hydroxylation is 3. The number of nitrogens with one attached hydrogen (secondary N) is 1. The molecule has 0 atom stereocenters. The third-order valence-corrected chi connectivity index (χ3v) is 4.05. The molecule has 0 fully saturated rings. The Labute approximate surface area is 146 Å². The number of rotatable bonds is 5. The molecule has 0 spiro atoms. The van der Waals surface area contributed by atoms with E-state index in [1.807, 2.05) is 32.9 Å². The van der Waals surface area contributed by atoms with Crippen molar-refractivity contribution in [2.24, 2.45) is 7.05 Å². The first-order valence-corrected chi connectivity index (χ1v) is 7.96. The molecule has 1 aromatic carbocycles. The normalized spacial score (nSPS) is 10.7. The average Bonchev–Trinajstić information content (AvgIpc) is 3.14. The lowest BCUT2D eigenvalue weighted by Crippen LogP contribution is -2.12. The van der Waals surface area contributed by atoms with Gasteiger partial charge in [-0.25, -0.2) is 4.68 Å². The van der Waals surface area contributed by atoms with Gasteiger partial charge in [0.15, 0.2) is 6.73 Å². The number of carbonyl (C=O) groups is 1. The van der Waals surface area contributed by atoms with Crippen LogP contribution in [0.25, 0.3) is 0 Å². The van der Waals surface area contributed by atoms with E-state index in [1.54, 1.807) is 35.0 Å². The molecule has 3 rings (SSSR count). The van der Waals surface area contributed by atoms with Crippen molar-refractivity contribution in [3.63, 3.8) is 0 Å². The van der Waals surface area contributed by atoms with Crippen molar-refractivity contribution >= 4 is 11.6 Å². The predicted octanol–water partition coefficient (Wildman–Crippen LogP) is 2.83. The molecule has 3 aromatic rings. The molecule has 7 heteroatoms. The van der Waals surface area contributed by atoms with Crippen molar-refractivity contribution in [3.05, 3.63) is 59.2 Å². The van der Waals surface area contributed by atoms with Crippen molar-refractivity contribution in [3.8, 4) is 5.75 Å². The van der Waals surface area contributed by atoms with E-state index in [9.17, 15) is 4.79 Å². The lowest BCUT2D eigenvalue weighted by Gasteiger charge is -2.09. The first-order chi connectivity index (χ1) is 11.9. The van der Waals surface area contributed by atoms with E-state index in [2.05, 4.69) is 21.6 Å². The Morgan fingerprint density at radius 1 is 1.20 bits per heavy atom. The molecule has 130 valence electrons. The van der Waals surface area contributed by atoms with E-state index in [1.165, 1.54) is 5.56 Å². The molecular formula is C18H21N5O2. The van der Waals surface area contributed by atoms with Crippen molar-refractivity contribution in [1.29, 1.82) is 0 Å². The van der Waals surface area contributed by atoms with E-state index in [0.29, 0.717) is 11.3 Å². The van der Waals surface area contributed by atoms with Crippen LogP contribution in [0.1, 0.15) is 27.2 Å². The molecule has 0 saturated heterocycles. The van der Waals surface area contributed by atoms with E-state index in [0.717, 1.165) is 17.0 Å². The summed E-state index contributed by atoms with van der Waals surface area (Å²) in [6.07, 6.45) is 4.88. The number of aromatic nitrogens is 4. The third-order valence-electron chi connectivity index (χ3n) is 4.05. The molecule has 1 amide bonds. The summed E-state index contributed by atoms with van der Waals surface area (Å²) in [4.78, 5) is 12.3. The quantitative estimate of drug-likeness (QED) is 0.776. The highest BCUT2D eigenvalue weighted by Gasteiger charge is 2.13. The number of amides is 1. The van der Waals surface area contributed by atoms with Crippen LogP contribution in [0.4, 0.5) is 5.69 Å². The van der Waals surface area contributed by atoms with Gasteiger partial charge in [0.05, 0.1) is 29.8 Å². The minimum atomic E-state index is -0.208. The summed E-state index contributed by atoms with van der Waals surface area (Å²) in [6.45, 7) is 6.17. The highest BCUT2D eigenvalue weighted by atomic mass is 16.5. The molecule has 25 heavy (non-hydrogen) atoms. The standard InChI is InChI=1S/C18H21N5O2/c1-12-5-6-17(13(2)7-12)25-11-23-10-15(8-20-23)21-18(24)16-9-19-22(4)14(16)3/h5-10H,11H2,1-4H3,(H,21,24). The summed E-state index contributed by atoms with van der Waals surface area (Å²) in [6, 6.07) is 6.02. The van der Waals surface area contributed by atoms with Gasteiger partial charge in [-0.1, -0.05) is 17.7 Å². The molecular weight excluding hydrogens is 318 g/mol. The molecule has 1 N–H and O–H groups in total. The lowest BCUT2D eigenvalue weighted by atomic mass is 10.1. The molecule has 0 radical (unpaired) electrons. The Hall–Kier alpha value is -3.09. The van der Waals surface area contributed by atoms with Gasteiger partial charge in [0.2, 0.25) is 0 Å². The van der Waals surface area contributed by atoms with Crippen molar-refractivity contribution in [2.75, 3.05) is 5.32 Å². The predicted molar refractivity (Wildman–Crippen MR) is 94.7 cm³/mol. The van der Waals surface area contributed by atoms with Gasteiger partial charge in [-0.2, -0.15) is 10.2 Å². The Kier molecular flexibility index (Phi) is 4.56. The zero-order valence-electron chi connectivity index (χ0n) is 14.8. The summed E-state index contributed by atoms with van der Waals surface area (Å²) in [7, 11) is 1.80. The Morgan fingerprint density at radius 2 is 2.00 bits per heavy atom. The number of hydrogen-bond donors (Lipinski definition) is 1. The highest BCUT2D eigenvalue weighted by Crippen LogP contribution is 2.19. The molecule has 2 aromatic heterocycles. The van der Waals surface area contributed by atoms with Gasteiger partial charge >= 0.3 is 0 Å². The number of ether oxygens (including phenoxy) is 1. The van der Waals surface area contributed by atoms with Crippen LogP contribution in [0.2, 0.25) is 0 Å². The van der Waals surface area contributed by atoms with Gasteiger partial charge in [0.25, 0.3) is 5.91 Å². The van der Waals surface area contributed by atoms with Crippen LogP contribution in [0, 0.1) is 20.8 Å². The fourth-order valence-electron chi connectivity index (χ4n) is 2.52. The van der Waals surface area contributed by atoms with E-state index in [4.69, 9.17) is 4.74 Å². The smallest absolute Gasteiger partial charge is 0.259 e. The maximum absolute atomic E-state index is 12.3. The first kappa shape index (κ1) is 16.8. The Bertz CT molecular complexity index is 910. The molecule has 0 aliphatic heterocycles. The van der Waals surface area contributed by atoms with Crippen LogP contribution in [0.5, 0.6) is 5.75 Å². The average molecular weight is 339 g/mol. The number of carbonyl (C=O) groups excluding carboxylic acids is 1. The minimum absolute atomic E-state index is 0.208. The Balaban J connectivity index is 1.62. The number of benzene rings is 1. The third kappa shape index (κ3) is 3.71. The van der Waals surface area contributed by atoms with E-state index in [-0.39, 0.29) is 12.6 Å². The van der Waals surface area contributed by atoms with Crippen LogP contribution in [0.15, 0.2) is 36.8 Å². The molecule has 2 heterocycles. The highest BCUT2D eigenvalue weighted by molar-refractivity contribution is 6.04. The monoisotopic (exact) mass is 339 g/mol. The maximum atomic E-state index is 12.3. The fraction of sp³-hybridized carbons (Fsp3) is 0.278. The largest absolute Gasteiger partial charge is 0.471 e. The van der Waals surface area contributed by atoms with Gasteiger partial charge in [-0.05, 0) is 32.4 Å². The second-order valence-corrected chi connectivity index (χ2v) is 6.03. The van der Waals surface area contributed by atoms with Gasteiger partial charge in [0.1, 0.15) is 5.75 Å². The maximum Gasteiger partial charge on any atom is 0.259 e. The van der Waals surface area contributed by atoms with E-state index >= 15 is 0 Å². The van der Waals surface area contributed by atoms with Gasteiger partial charge in [-0.15, -0.1) is 0 Å². The summed E-state index contributed by atoms with van der Waals surface area (Å²) < 4.78 is 9.07. The molecule has 0 aliphatic rings.